The molecule has 1 atom stereocenters. The molecule has 0 aliphatic carbocycles. The molecule has 1 amide bonds. The fourth-order valence-corrected chi connectivity index (χ4v) is 5.27. The van der Waals surface area contributed by atoms with E-state index >= 15 is 0 Å². The maximum atomic E-state index is 13.7. The Morgan fingerprint density at radius 2 is 2.05 bits per heavy atom. The van der Waals surface area contributed by atoms with Crippen LogP contribution in [0.25, 0.3) is 0 Å². The number of benzene rings is 1. The molecule has 9 nitrogen and oxygen atoms in total. The largest absolute Gasteiger partial charge is 0.503 e. The topological polar surface area (TPSA) is 107 Å². The highest BCUT2D eigenvalue weighted by Crippen LogP contribution is 2.42. The summed E-state index contributed by atoms with van der Waals surface area (Å²) in [5.41, 5.74) is 1.25. The van der Waals surface area contributed by atoms with E-state index in [-0.39, 0.29) is 5.57 Å². The lowest BCUT2D eigenvalue weighted by atomic mass is 9.94. The number of rotatable bonds is 12. The lowest BCUT2D eigenvalue weighted by Crippen LogP contribution is -2.32. The van der Waals surface area contributed by atoms with Gasteiger partial charge in [-0.15, -0.1) is 11.3 Å². The molecule has 10 heteroatoms. The average Bonchev–Trinajstić information content (AvgIpc) is 3.58. The van der Waals surface area contributed by atoms with Crippen LogP contribution in [0.1, 0.15) is 45.3 Å². The van der Waals surface area contributed by atoms with Crippen molar-refractivity contribution in [1.82, 2.24) is 19.4 Å². The van der Waals surface area contributed by atoms with Crippen molar-refractivity contribution in [2.45, 2.75) is 39.8 Å². The lowest BCUT2D eigenvalue weighted by molar-refractivity contribution is -0.129. The first-order chi connectivity index (χ1) is 17.8. The third-order valence-corrected chi connectivity index (χ3v) is 7.04. The number of ketones is 1. The van der Waals surface area contributed by atoms with Gasteiger partial charge < -0.3 is 24.0 Å². The standard InChI is InChI=1S/C27H30N4O5S/c1-5-14-36-20-9-8-19(15-21(20)35-6-2)23-22(24(32)26-17(3)29-18(4)37-26)25(33)27(34)31(23)12-7-11-30-13-10-28-16-30/h5,8-10,13,15-16,23,33H,1,6-7,11-12,14H2,2-4H3. The monoisotopic (exact) mass is 522 g/mol. The maximum Gasteiger partial charge on any atom is 0.290 e. The Morgan fingerprint density at radius 1 is 1.24 bits per heavy atom. The molecule has 1 unspecified atom stereocenters. The number of aliphatic hydroxyl groups is 1. The van der Waals surface area contributed by atoms with Gasteiger partial charge in [0, 0.05) is 25.5 Å². The van der Waals surface area contributed by atoms with Gasteiger partial charge in [0.1, 0.15) is 6.61 Å². The average molecular weight is 523 g/mol. The molecule has 0 spiro atoms. The molecule has 1 aliphatic heterocycles. The molecule has 0 saturated carbocycles. The molecule has 1 aliphatic rings. The van der Waals surface area contributed by atoms with Crippen LogP contribution in [-0.2, 0) is 11.3 Å². The van der Waals surface area contributed by atoms with E-state index in [2.05, 4.69) is 16.5 Å². The molecule has 194 valence electrons. The van der Waals surface area contributed by atoms with Gasteiger partial charge in [0.15, 0.2) is 17.3 Å². The third-order valence-electron chi connectivity index (χ3n) is 5.97. The normalized spacial score (nSPS) is 15.4. The van der Waals surface area contributed by atoms with E-state index in [1.807, 2.05) is 24.6 Å². The fraction of sp³-hybridized carbons (Fsp3) is 0.333. The Hall–Kier alpha value is -3.92. The second-order valence-corrected chi connectivity index (χ2v) is 9.74. The summed E-state index contributed by atoms with van der Waals surface area (Å²) in [6.07, 6.45) is 7.49. The van der Waals surface area contributed by atoms with Gasteiger partial charge in [-0.3, -0.25) is 9.59 Å². The van der Waals surface area contributed by atoms with Gasteiger partial charge in [-0.2, -0.15) is 0 Å². The summed E-state index contributed by atoms with van der Waals surface area (Å²) < 4.78 is 13.5. The summed E-state index contributed by atoms with van der Waals surface area (Å²) in [4.78, 5) is 37.4. The number of carbonyl (C=O) groups excluding carboxylic acids is 2. The molecular weight excluding hydrogens is 492 g/mol. The van der Waals surface area contributed by atoms with Crippen LogP contribution in [0, 0.1) is 13.8 Å². The first kappa shape index (κ1) is 26.2. The summed E-state index contributed by atoms with van der Waals surface area (Å²) in [6.45, 7) is 10.8. The Labute approximate surface area is 219 Å². The van der Waals surface area contributed by atoms with E-state index in [1.165, 1.54) is 16.2 Å². The number of ether oxygens (including phenoxy) is 2. The number of carbonyl (C=O) groups is 2. The minimum absolute atomic E-state index is 0.0431. The zero-order valence-corrected chi connectivity index (χ0v) is 22.0. The van der Waals surface area contributed by atoms with Crippen molar-refractivity contribution in [3.05, 3.63) is 82.0 Å². The van der Waals surface area contributed by atoms with Crippen LogP contribution >= 0.6 is 11.3 Å². The molecule has 1 aromatic carbocycles. The molecular formula is C27H30N4O5S. The van der Waals surface area contributed by atoms with Crippen LogP contribution in [0.2, 0.25) is 0 Å². The highest BCUT2D eigenvalue weighted by Gasteiger charge is 2.44. The highest BCUT2D eigenvalue weighted by atomic mass is 32.1. The number of hydrogen-bond donors (Lipinski definition) is 1. The summed E-state index contributed by atoms with van der Waals surface area (Å²) in [7, 11) is 0. The van der Waals surface area contributed by atoms with Crippen molar-refractivity contribution in [2.24, 2.45) is 0 Å². The number of thiazole rings is 1. The van der Waals surface area contributed by atoms with Gasteiger partial charge in [0.25, 0.3) is 5.91 Å². The van der Waals surface area contributed by atoms with E-state index in [0.717, 1.165) is 5.01 Å². The molecule has 2 aromatic heterocycles. The zero-order valence-electron chi connectivity index (χ0n) is 21.1. The van der Waals surface area contributed by atoms with Gasteiger partial charge in [-0.1, -0.05) is 18.7 Å². The molecule has 0 saturated heterocycles. The van der Waals surface area contributed by atoms with Crippen LogP contribution in [0.5, 0.6) is 11.5 Å². The number of hydrogen-bond acceptors (Lipinski definition) is 8. The Morgan fingerprint density at radius 3 is 2.70 bits per heavy atom. The second kappa shape index (κ2) is 11.4. The van der Waals surface area contributed by atoms with Crippen molar-refractivity contribution in [3.63, 3.8) is 0 Å². The predicted molar refractivity (Wildman–Crippen MR) is 140 cm³/mol. The Kier molecular flexibility index (Phi) is 8.08. The van der Waals surface area contributed by atoms with Crippen LogP contribution in [0.3, 0.4) is 0 Å². The summed E-state index contributed by atoms with van der Waals surface area (Å²) in [6, 6.07) is 4.51. The molecule has 0 fully saturated rings. The van der Waals surface area contributed by atoms with E-state index in [1.54, 1.807) is 43.7 Å². The SMILES string of the molecule is C=CCOc1ccc(C2C(C(=O)c3sc(C)nc3C)=C(O)C(=O)N2CCCn2ccnc2)cc1OCC. The molecule has 3 aromatic rings. The number of amides is 1. The smallest absolute Gasteiger partial charge is 0.290 e. The summed E-state index contributed by atoms with van der Waals surface area (Å²) >= 11 is 1.25. The van der Waals surface area contributed by atoms with Gasteiger partial charge in [-0.05, 0) is 44.9 Å². The van der Waals surface area contributed by atoms with Crippen molar-refractivity contribution >= 4 is 23.0 Å². The van der Waals surface area contributed by atoms with E-state index in [0.29, 0.717) is 60.4 Å². The van der Waals surface area contributed by atoms with Gasteiger partial charge in [0.2, 0.25) is 5.78 Å². The minimum atomic E-state index is -0.794. The van der Waals surface area contributed by atoms with E-state index in [9.17, 15) is 14.7 Å². The first-order valence-corrected chi connectivity index (χ1v) is 12.9. The van der Waals surface area contributed by atoms with Crippen molar-refractivity contribution in [1.29, 1.82) is 0 Å². The van der Waals surface area contributed by atoms with Crippen LogP contribution in [0.4, 0.5) is 0 Å². The Balaban J connectivity index is 1.74. The van der Waals surface area contributed by atoms with Crippen molar-refractivity contribution in [3.8, 4) is 11.5 Å². The van der Waals surface area contributed by atoms with E-state index < -0.39 is 23.5 Å². The van der Waals surface area contributed by atoms with Gasteiger partial charge >= 0.3 is 0 Å². The zero-order chi connectivity index (χ0) is 26.5. The number of Topliss-reactive ketones (excluding diaryl/α,β-unsaturated/α-hetero) is 1. The molecule has 3 heterocycles. The summed E-state index contributed by atoms with van der Waals surface area (Å²) in [5.74, 6) is -0.510. The lowest BCUT2D eigenvalue weighted by Gasteiger charge is -2.27. The quantitative estimate of drug-likeness (QED) is 0.274. The van der Waals surface area contributed by atoms with Crippen LogP contribution < -0.4 is 9.47 Å². The van der Waals surface area contributed by atoms with Gasteiger partial charge in [0.05, 0.1) is 40.1 Å². The number of nitrogens with zero attached hydrogens (tertiary/aromatic N) is 4. The molecule has 1 N–H and O–H groups in total. The molecule has 4 rings (SSSR count). The van der Waals surface area contributed by atoms with Crippen molar-refractivity contribution in [2.75, 3.05) is 19.8 Å². The molecule has 0 radical (unpaired) electrons. The number of aromatic nitrogens is 3. The third kappa shape index (κ3) is 5.43. The Bertz CT molecular complexity index is 1330. The van der Waals surface area contributed by atoms with Gasteiger partial charge in [-0.25, -0.2) is 9.97 Å². The summed E-state index contributed by atoms with van der Waals surface area (Å²) in [5, 5.41) is 11.7. The maximum absolute atomic E-state index is 13.7. The molecule has 37 heavy (non-hydrogen) atoms. The number of aliphatic hydroxyl groups excluding tert-OH is 1. The fourth-order valence-electron chi connectivity index (χ4n) is 4.40. The highest BCUT2D eigenvalue weighted by molar-refractivity contribution is 7.14. The van der Waals surface area contributed by atoms with Crippen molar-refractivity contribution < 1.29 is 24.2 Å². The molecule has 0 bridgehead atoms. The first-order valence-electron chi connectivity index (χ1n) is 12.0. The van der Waals surface area contributed by atoms with Crippen LogP contribution in [-0.4, -0.2) is 56.0 Å². The second-order valence-electron chi connectivity index (χ2n) is 8.53. The minimum Gasteiger partial charge on any atom is -0.503 e. The number of imidazole rings is 1. The number of aryl methyl sites for hydroxylation is 3. The van der Waals surface area contributed by atoms with E-state index in [4.69, 9.17) is 9.47 Å². The predicted octanol–water partition coefficient (Wildman–Crippen LogP) is 4.59. The van der Waals surface area contributed by atoms with Crippen LogP contribution in [0.15, 0.2) is 60.9 Å².